The number of aryl methyl sites for hydroxylation is 1. The van der Waals surface area contributed by atoms with Gasteiger partial charge in [-0.1, -0.05) is 48.5 Å². The van der Waals surface area contributed by atoms with Gasteiger partial charge in [-0.05, 0) is 56.2 Å². The van der Waals surface area contributed by atoms with Crippen molar-refractivity contribution in [3.63, 3.8) is 0 Å². The summed E-state index contributed by atoms with van der Waals surface area (Å²) >= 11 is 0. The lowest BCUT2D eigenvalue weighted by molar-refractivity contribution is -0.171. The number of nitrogens with zero attached hydrogens (tertiary/aromatic N) is 2. The minimum Gasteiger partial charge on any atom is -0.497 e. The Morgan fingerprint density at radius 2 is 1.57 bits per heavy atom. The zero-order valence-electron chi connectivity index (χ0n) is 24.3. The smallest absolute Gasteiger partial charge is 0.339 e. The zero-order chi connectivity index (χ0) is 29.8. The maximum atomic E-state index is 14.7. The van der Waals surface area contributed by atoms with Crippen LogP contribution in [0.5, 0.6) is 5.75 Å². The Morgan fingerprint density at radius 3 is 2.21 bits per heavy atom. The normalized spacial score (nSPS) is 20.4. The summed E-state index contributed by atoms with van der Waals surface area (Å²) in [6.07, 6.45) is 0. The van der Waals surface area contributed by atoms with Crippen molar-refractivity contribution in [2.45, 2.75) is 37.9 Å². The van der Waals surface area contributed by atoms with Crippen LogP contribution in [-0.4, -0.2) is 55.3 Å². The summed E-state index contributed by atoms with van der Waals surface area (Å²) in [5, 5.41) is 4.27. The third kappa shape index (κ3) is 3.49. The van der Waals surface area contributed by atoms with Gasteiger partial charge >= 0.3 is 11.9 Å². The van der Waals surface area contributed by atoms with Gasteiger partial charge in [-0.15, -0.1) is 0 Å². The van der Waals surface area contributed by atoms with Gasteiger partial charge in [0.2, 0.25) is 11.2 Å². The zero-order valence-corrected chi connectivity index (χ0v) is 24.3. The molecule has 216 valence electrons. The molecule has 0 bridgehead atoms. The minimum absolute atomic E-state index is 0.0242. The number of anilines is 1. The highest BCUT2D eigenvalue weighted by Crippen LogP contribution is 2.54. The predicted octanol–water partition coefficient (Wildman–Crippen LogP) is 4.24. The monoisotopic (exact) mass is 567 g/mol. The number of fused-ring (bicyclic) bond motifs is 6. The molecule has 0 fully saturated rings. The van der Waals surface area contributed by atoms with Crippen molar-refractivity contribution in [3.8, 4) is 5.75 Å². The molecule has 1 N–H and O–H groups in total. The molecule has 1 amide bonds. The first kappa shape index (κ1) is 27.5. The van der Waals surface area contributed by atoms with Gasteiger partial charge in [-0.3, -0.25) is 10.1 Å². The number of benzene rings is 3. The molecule has 3 aromatic carbocycles. The number of likely N-dealkylation sites (N-methyl/N-ethyl adjacent to an activating group) is 1. The maximum Gasteiger partial charge on any atom is 0.339 e. The van der Waals surface area contributed by atoms with Gasteiger partial charge in [-0.25, -0.2) is 9.59 Å². The number of carbonyl (C=O) groups is 3. The number of hydrogen-bond donors (Lipinski definition) is 1. The van der Waals surface area contributed by atoms with Crippen molar-refractivity contribution in [3.05, 3.63) is 95.2 Å². The van der Waals surface area contributed by atoms with Gasteiger partial charge in [0.25, 0.3) is 5.91 Å². The Labute approximate surface area is 244 Å². The van der Waals surface area contributed by atoms with Crippen LogP contribution in [0, 0.1) is 6.92 Å². The van der Waals surface area contributed by atoms with Crippen molar-refractivity contribution < 1.29 is 28.6 Å². The maximum absolute atomic E-state index is 14.7. The van der Waals surface area contributed by atoms with Crippen molar-refractivity contribution in [2.24, 2.45) is 0 Å². The first-order chi connectivity index (χ1) is 20.3. The van der Waals surface area contributed by atoms with Gasteiger partial charge in [0.15, 0.2) is 0 Å². The number of para-hydroxylation sites is 1. The molecular formula is C33H33N3O6. The topological polar surface area (TPSA) is 99.1 Å². The lowest BCUT2D eigenvalue weighted by Crippen LogP contribution is -2.75. The molecule has 0 aliphatic carbocycles. The van der Waals surface area contributed by atoms with E-state index in [-0.39, 0.29) is 19.1 Å². The highest BCUT2D eigenvalue weighted by atomic mass is 16.6. The molecule has 3 heterocycles. The predicted molar refractivity (Wildman–Crippen MR) is 158 cm³/mol. The van der Waals surface area contributed by atoms with Crippen LogP contribution in [-0.2, 0) is 29.5 Å². The van der Waals surface area contributed by atoms with Gasteiger partial charge in [0, 0.05) is 23.7 Å². The molecule has 1 spiro atoms. The van der Waals surface area contributed by atoms with Crippen LogP contribution in [0.25, 0.3) is 10.9 Å². The van der Waals surface area contributed by atoms with E-state index in [2.05, 4.69) is 5.32 Å². The number of nitrogens with one attached hydrogen (secondary N) is 1. The fraction of sp³-hybridized carbons (Fsp3) is 0.303. The van der Waals surface area contributed by atoms with E-state index in [1.54, 1.807) is 51.1 Å². The number of ether oxygens (including phenoxy) is 3. The SMILES string of the molecule is CCOC(=O)C1(C(=O)OCC)N[C@]2(C(=O)N(C)c3ccc(OC)cc32)n2c(c(C)c3ccccc32)[C@@H]1c1ccccc1. The molecule has 0 saturated carbocycles. The third-order valence-corrected chi connectivity index (χ3v) is 8.49. The Bertz CT molecular complexity index is 1710. The van der Waals surface area contributed by atoms with Crippen LogP contribution in [0.15, 0.2) is 72.8 Å². The number of methoxy groups -OCH3 is 1. The number of esters is 2. The van der Waals surface area contributed by atoms with E-state index >= 15 is 0 Å². The molecule has 2 atom stereocenters. The lowest BCUT2D eigenvalue weighted by Gasteiger charge is -2.49. The fourth-order valence-electron chi connectivity index (χ4n) is 6.74. The Hall–Kier alpha value is -4.63. The lowest BCUT2D eigenvalue weighted by atomic mass is 9.72. The van der Waals surface area contributed by atoms with Gasteiger partial charge in [0.05, 0.1) is 37.4 Å². The number of hydrogen-bond acceptors (Lipinski definition) is 7. The molecule has 2 aliphatic heterocycles. The summed E-state index contributed by atoms with van der Waals surface area (Å²) in [5.74, 6) is -2.38. The van der Waals surface area contributed by atoms with Crippen LogP contribution < -0.4 is 15.0 Å². The Balaban J connectivity index is 1.84. The molecule has 9 nitrogen and oxygen atoms in total. The molecule has 1 aromatic heterocycles. The van der Waals surface area contributed by atoms with Crippen molar-refractivity contribution in [2.75, 3.05) is 32.3 Å². The van der Waals surface area contributed by atoms with Crippen LogP contribution in [0.2, 0.25) is 0 Å². The van der Waals surface area contributed by atoms with E-state index in [0.717, 1.165) is 16.5 Å². The molecular weight excluding hydrogens is 534 g/mol. The molecule has 2 aliphatic rings. The number of amides is 1. The number of carbonyl (C=O) groups excluding carboxylic acids is 3. The summed E-state index contributed by atoms with van der Waals surface area (Å²) in [6.45, 7) is 5.38. The summed E-state index contributed by atoms with van der Waals surface area (Å²) < 4.78 is 18.9. The van der Waals surface area contributed by atoms with E-state index in [9.17, 15) is 14.4 Å². The average molecular weight is 568 g/mol. The highest BCUT2D eigenvalue weighted by molar-refractivity contribution is 6.13. The molecule has 0 unspecified atom stereocenters. The third-order valence-electron chi connectivity index (χ3n) is 8.49. The van der Waals surface area contributed by atoms with E-state index < -0.39 is 29.1 Å². The Morgan fingerprint density at radius 1 is 0.929 bits per heavy atom. The standard InChI is InChI=1S/C33H33N3O6/c1-6-41-30(38)32(31(39)42-7-2)27(21-13-9-8-10-14-21)28-20(3)23-15-11-12-16-25(23)36(28)33(34-32)24-19-22(40-5)17-18-26(24)35(4)29(33)37/h8-19,27,34H,6-7H2,1-5H3/t27-,33-/m0/s1. The minimum atomic E-state index is -2.12. The van der Waals surface area contributed by atoms with E-state index in [4.69, 9.17) is 14.2 Å². The van der Waals surface area contributed by atoms with Crippen LogP contribution in [0.4, 0.5) is 5.69 Å². The van der Waals surface area contributed by atoms with Crippen molar-refractivity contribution in [1.29, 1.82) is 0 Å². The second kappa shape index (κ2) is 10.0. The summed E-state index contributed by atoms with van der Waals surface area (Å²) in [5.41, 5.74) is 0.270. The molecule has 0 saturated heterocycles. The molecule has 42 heavy (non-hydrogen) atoms. The van der Waals surface area contributed by atoms with E-state index in [0.29, 0.717) is 28.3 Å². The number of rotatable bonds is 6. The van der Waals surface area contributed by atoms with Crippen molar-refractivity contribution >= 4 is 34.4 Å². The van der Waals surface area contributed by atoms with Gasteiger partial charge in [0.1, 0.15) is 5.75 Å². The molecule has 9 heteroatoms. The fourth-order valence-corrected chi connectivity index (χ4v) is 6.74. The molecule has 4 aromatic rings. The summed E-state index contributed by atoms with van der Waals surface area (Å²) in [6, 6.07) is 22.5. The van der Waals surface area contributed by atoms with Crippen LogP contribution in [0.1, 0.15) is 42.1 Å². The first-order valence-electron chi connectivity index (χ1n) is 14.0. The summed E-state index contributed by atoms with van der Waals surface area (Å²) in [7, 11) is 3.23. The molecule has 0 radical (unpaired) electrons. The second-order valence-corrected chi connectivity index (χ2v) is 10.5. The second-order valence-electron chi connectivity index (χ2n) is 10.5. The Kier molecular flexibility index (Phi) is 6.57. The first-order valence-corrected chi connectivity index (χ1v) is 14.0. The highest BCUT2D eigenvalue weighted by Gasteiger charge is 2.69. The van der Waals surface area contributed by atoms with Gasteiger partial charge in [-0.2, -0.15) is 0 Å². The van der Waals surface area contributed by atoms with Crippen LogP contribution >= 0.6 is 0 Å². The molecule has 6 rings (SSSR count). The quantitative estimate of drug-likeness (QED) is 0.275. The van der Waals surface area contributed by atoms with E-state index in [1.807, 2.05) is 66.1 Å². The average Bonchev–Trinajstić information content (AvgIpc) is 3.42. The number of aromatic nitrogens is 1. The van der Waals surface area contributed by atoms with E-state index in [1.165, 1.54) is 0 Å². The van der Waals surface area contributed by atoms with Gasteiger partial charge < -0.3 is 23.7 Å². The van der Waals surface area contributed by atoms with Crippen molar-refractivity contribution in [1.82, 2.24) is 9.88 Å². The van der Waals surface area contributed by atoms with Crippen LogP contribution in [0.3, 0.4) is 0 Å². The largest absolute Gasteiger partial charge is 0.497 e. The summed E-state index contributed by atoms with van der Waals surface area (Å²) in [4.78, 5) is 45.0.